The lowest BCUT2D eigenvalue weighted by molar-refractivity contribution is 0.0697. The average Bonchev–Trinajstić information content (AvgIpc) is 2.47. The molecule has 0 saturated heterocycles. The maximum absolute atomic E-state index is 11.2. The number of fused-ring (bicyclic) bond motifs is 1. The maximum Gasteiger partial charge on any atom is 0.339 e. The van der Waals surface area contributed by atoms with Gasteiger partial charge in [0, 0.05) is 11.6 Å². The van der Waals surface area contributed by atoms with Crippen molar-refractivity contribution in [2.45, 2.75) is 0 Å². The number of para-hydroxylation sites is 1. The number of benzene rings is 1. The van der Waals surface area contributed by atoms with E-state index >= 15 is 0 Å². The van der Waals surface area contributed by atoms with E-state index in [0.29, 0.717) is 5.69 Å². The van der Waals surface area contributed by atoms with Gasteiger partial charge >= 0.3 is 5.97 Å². The van der Waals surface area contributed by atoms with Gasteiger partial charge in [-0.3, -0.25) is 4.98 Å². The van der Waals surface area contributed by atoms with Crippen LogP contribution in [-0.2, 0) is 0 Å². The molecule has 0 fully saturated rings. The zero-order valence-electron chi connectivity index (χ0n) is 10.7. The zero-order chi connectivity index (χ0) is 14.8. The standard InChI is InChI=1S/C15H10ClN3O2/c16-12-7-6-10(15(20)21)14(19-12)18-11-5-1-3-9-4-2-8-17-13(9)11/h1-8H,(H,18,19)(H,20,21). The third-order valence-electron chi connectivity index (χ3n) is 2.98. The molecule has 5 nitrogen and oxygen atoms in total. The van der Waals surface area contributed by atoms with Crippen LogP contribution in [0.2, 0.25) is 5.15 Å². The van der Waals surface area contributed by atoms with Crippen molar-refractivity contribution in [1.82, 2.24) is 9.97 Å². The Hall–Kier alpha value is -2.66. The van der Waals surface area contributed by atoms with Crippen LogP contribution in [0.4, 0.5) is 11.5 Å². The highest BCUT2D eigenvalue weighted by atomic mass is 35.5. The van der Waals surface area contributed by atoms with Crippen molar-refractivity contribution in [3.05, 3.63) is 59.4 Å². The van der Waals surface area contributed by atoms with Gasteiger partial charge in [-0.1, -0.05) is 29.8 Å². The normalized spacial score (nSPS) is 10.5. The number of anilines is 2. The molecule has 0 aliphatic heterocycles. The molecule has 0 radical (unpaired) electrons. The molecule has 21 heavy (non-hydrogen) atoms. The molecular weight excluding hydrogens is 290 g/mol. The number of hydrogen-bond acceptors (Lipinski definition) is 4. The number of carboxylic acid groups (broad SMARTS) is 1. The molecule has 2 N–H and O–H groups in total. The van der Waals surface area contributed by atoms with E-state index in [1.807, 2.05) is 30.3 Å². The molecule has 0 bridgehead atoms. The van der Waals surface area contributed by atoms with Crippen molar-refractivity contribution in [3.63, 3.8) is 0 Å². The number of halogens is 1. The van der Waals surface area contributed by atoms with Gasteiger partial charge in [-0.15, -0.1) is 0 Å². The van der Waals surface area contributed by atoms with E-state index in [1.54, 1.807) is 6.20 Å². The number of nitrogens with zero attached hydrogens (tertiary/aromatic N) is 2. The summed E-state index contributed by atoms with van der Waals surface area (Å²) < 4.78 is 0. The van der Waals surface area contributed by atoms with E-state index < -0.39 is 5.97 Å². The van der Waals surface area contributed by atoms with Crippen molar-refractivity contribution < 1.29 is 9.90 Å². The highest BCUT2D eigenvalue weighted by molar-refractivity contribution is 6.29. The first-order valence-electron chi connectivity index (χ1n) is 6.16. The van der Waals surface area contributed by atoms with E-state index in [0.717, 1.165) is 10.9 Å². The number of rotatable bonds is 3. The van der Waals surface area contributed by atoms with Crippen LogP contribution < -0.4 is 5.32 Å². The maximum atomic E-state index is 11.2. The molecule has 2 aromatic heterocycles. The Morgan fingerprint density at radius 1 is 1.14 bits per heavy atom. The molecule has 0 aliphatic carbocycles. The predicted molar refractivity (Wildman–Crippen MR) is 81.2 cm³/mol. The van der Waals surface area contributed by atoms with Gasteiger partial charge in [0.25, 0.3) is 0 Å². The van der Waals surface area contributed by atoms with Gasteiger partial charge in [-0.05, 0) is 24.3 Å². The topological polar surface area (TPSA) is 75.1 Å². The number of carboxylic acids is 1. The predicted octanol–water partition coefficient (Wildman–Crippen LogP) is 3.73. The second kappa shape index (κ2) is 5.38. The van der Waals surface area contributed by atoms with Crippen molar-refractivity contribution in [2.75, 3.05) is 5.32 Å². The first-order valence-corrected chi connectivity index (χ1v) is 6.53. The summed E-state index contributed by atoms with van der Waals surface area (Å²) in [4.78, 5) is 19.6. The summed E-state index contributed by atoms with van der Waals surface area (Å²) >= 11 is 5.85. The van der Waals surface area contributed by atoms with E-state index in [1.165, 1.54) is 12.1 Å². The quantitative estimate of drug-likeness (QED) is 0.721. The Kier molecular flexibility index (Phi) is 3.41. The highest BCUT2D eigenvalue weighted by Gasteiger charge is 2.13. The number of aromatic carboxylic acids is 1. The average molecular weight is 300 g/mol. The molecule has 0 atom stereocenters. The monoisotopic (exact) mass is 299 g/mol. The van der Waals surface area contributed by atoms with Gasteiger partial charge in [0.05, 0.1) is 11.2 Å². The Balaban J connectivity index is 2.11. The van der Waals surface area contributed by atoms with Crippen molar-refractivity contribution >= 4 is 40.0 Å². The first-order chi connectivity index (χ1) is 10.1. The fourth-order valence-corrected chi connectivity index (χ4v) is 2.18. The lowest BCUT2D eigenvalue weighted by Gasteiger charge is -2.10. The van der Waals surface area contributed by atoms with E-state index in [-0.39, 0.29) is 16.5 Å². The molecule has 0 unspecified atom stereocenters. The van der Waals surface area contributed by atoms with Crippen LogP contribution in [0.25, 0.3) is 10.9 Å². The zero-order valence-corrected chi connectivity index (χ0v) is 11.5. The molecule has 104 valence electrons. The fourth-order valence-electron chi connectivity index (χ4n) is 2.04. The van der Waals surface area contributed by atoms with Crippen LogP contribution in [0.15, 0.2) is 48.7 Å². The van der Waals surface area contributed by atoms with Crippen molar-refractivity contribution in [2.24, 2.45) is 0 Å². The minimum absolute atomic E-state index is 0.0485. The fraction of sp³-hybridized carbons (Fsp3) is 0. The SMILES string of the molecule is O=C(O)c1ccc(Cl)nc1Nc1cccc2cccnc12. The number of nitrogens with one attached hydrogen (secondary N) is 1. The third kappa shape index (κ3) is 2.64. The van der Waals surface area contributed by atoms with Gasteiger partial charge in [-0.25, -0.2) is 9.78 Å². The van der Waals surface area contributed by atoms with Crippen LogP contribution in [0.5, 0.6) is 0 Å². The van der Waals surface area contributed by atoms with Crippen molar-refractivity contribution in [3.8, 4) is 0 Å². The Bertz CT molecular complexity index is 831. The van der Waals surface area contributed by atoms with Crippen LogP contribution in [0.1, 0.15) is 10.4 Å². The molecule has 0 saturated carbocycles. The molecule has 0 spiro atoms. The summed E-state index contributed by atoms with van der Waals surface area (Å²) in [5.41, 5.74) is 1.45. The number of aromatic nitrogens is 2. The van der Waals surface area contributed by atoms with Crippen LogP contribution in [0.3, 0.4) is 0 Å². The molecule has 0 amide bonds. The second-order valence-corrected chi connectivity index (χ2v) is 4.73. The van der Waals surface area contributed by atoms with E-state index in [4.69, 9.17) is 11.6 Å². The second-order valence-electron chi connectivity index (χ2n) is 4.34. The first kappa shape index (κ1) is 13.3. The number of pyridine rings is 2. The van der Waals surface area contributed by atoms with Gasteiger partial charge in [-0.2, -0.15) is 0 Å². The van der Waals surface area contributed by atoms with E-state index in [2.05, 4.69) is 15.3 Å². The smallest absolute Gasteiger partial charge is 0.339 e. The largest absolute Gasteiger partial charge is 0.478 e. The van der Waals surface area contributed by atoms with Crippen LogP contribution in [-0.4, -0.2) is 21.0 Å². The Morgan fingerprint density at radius 3 is 2.76 bits per heavy atom. The molecule has 3 rings (SSSR count). The molecule has 3 aromatic rings. The summed E-state index contributed by atoms with van der Waals surface area (Å²) in [5.74, 6) is -0.886. The summed E-state index contributed by atoms with van der Waals surface area (Å²) in [6.45, 7) is 0. The minimum atomic E-state index is -1.07. The summed E-state index contributed by atoms with van der Waals surface area (Å²) in [6, 6.07) is 12.2. The number of hydrogen-bond donors (Lipinski definition) is 2. The van der Waals surface area contributed by atoms with Crippen LogP contribution in [0, 0.1) is 0 Å². The lowest BCUT2D eigenvalue weighted by Crippen LogP contribution is -2.05. The highest BCUT2D eigenvalue weighted by Crippen LogP contribution is 2.26. The lowest BCUT2D eigenvalue weighted by atomic mass is 10.2. The molecule has 2 heterocycles. The van der Waals surface area contributed by atoms with Crippen molar-refractivity contribution in [1.29, 1.82) is 0 Å². The molecule has 1 aromatic carbocycles. The molecule has 6 heteroatoms. The molecular formula is C15H10ClN3O2. The third-order valence-corrected chi connectivity index (χ3v) is 3.19. The van der Waals surface area contributed by atoms with Gasteiger partial charge in [0.15, 0.2) is 0 Å². The van der Waals surface area contributed by atoms with Crippen LogP contribution >= 0.6 is 11.6 Å². The van der Waals surface area contributed by atoms with E-state index in [9.17, 15) is 9.90 Å². The summed E-state index contributed by atoms with van der Waals surface area (Å²) in [5, 5.41) is 13.4. The number of carbonyl (C=O) groups is 1. The van der Waals surface area contributed by atoms with Gasteiger partial charge in [0.1, 0.15) is 16.5 Å². The van der Waals surface area contributed by atoms with Gasteiger partial charge < -0.3 is 10.4 Å². The summed E-state index contributed by atoms with van der Waals surface area (Å²) in [6.07, 6.45) is 1.68. The Morgan fingerprint density at radius 2 is 1.95 bits per heavy atom. The molecule has 0 aliphatic rings. The minimum Gasteiger partial charge on any atom is -0.478 e. The Labute approximate surface area is 125 Å². The van der Waals surface area contributed by atoms with Gasteiger partial charge in [0.2, 0.25) is 0 Å². The summed E-state index contributed by atoms with van der Waals surface area (Å²) in [7, 11) is 0.